The summed E-state index contributed by atoms with van der Waals surface area (Å²) in [4.78, 5) is 17.1. The maximum Gasteiger partial charge on any atom is 0.267 e. The molecule has 0 aliphatic rings. The summed E-state index contributed by atoms with van der Waals surface area (Å²) in [5, 5.41) is 0. The zero-order chi connectivity index (χ0) is 14.5. The van der Waals surface area contributed by atoms with Crippen molar-refractivity contribution in [1.82, 2.24) is 4.98 Å². The highest BCUT2D eigenvalue weighted by Crippen LogP contribution is 2.17. The zero-order valence-electron chi connectivity index (χ0n) is 11.5. The molecule has 2 rings (SSSR count). The molecule has 20 heavy (non-hydrogen) atoms. The molecule has 0 bridgehead atoms. The molecule has 5 heteroatoms. The highest BCUT2D eigenvalue weighted by Gasteiger charge is 2.07. The van der Waals surface area contributed by atoms with E-state index in [0.29, 0.717) is 6.54 Å². The van der Waals surface area contributed by atoms with Gasteiger partial charge in [0.15, 0.2) is 0 Å². The number of benzene rings is 1. The molecular formula is C15H17N3O2. The van der Waals surface area contributed by atoms with E-state index in [-0.39, 0.29) is 5.69 Å². The van der Waals surface area contributed by atoms with Crippen molar-refractivity contribution in [2.45, 2.75) is 6.54 Å². The molecule has 0 spiro atoms. The molecule has 1 aromatic carbocycles. The van der Waals surface area contributed by atoms with Gasteiger partial charge in [0.2, 0.25) is 0 Å². The third-order valence-electron chi connectivity index (χ3n) is 3.02. The number of nitrogens with zero attached hydrogens (tertiary/aromatic N) is 2. The Morgan fingerprint density at radius 3 is 2.60 bits per heavy atom. The second kappa shape index (κ2) is 6.06. The Morgan fingerprint density at radius 2 is 2.00 bits per heavy atom. The average molecular weight is 271 g/mol. The minimum atomic E-state index is -0.523. The van der Waals surface area contributed by atoms with Gasteiger partial charge in [-0.15, -0.1) is 0 Å². The summed E-state index contributed by atoms with van der Waals surface area (Å²) in [6.07, 6.45) is 1.58. The molecule has 1 heterocycles. The van der Waals surface area contributed by atoms with E-state index in [1.165, 1.54) is 0 Å². The van der Waals surface area contributed by atoms with Crippen molar-refractivity contribution in [2.24, 2.45) is 5.73 Å². The Kier molecular flexibility index (Phi) is 4.20. The number of rotatable bonds is 5. The lowest BCUT2D eigenvalue weighted by atomic mass is 10.2. The van der Waals surface area contributed by atoms with Crippen LogP contribution in [0.3, 0.4) is 0 Å². The normalized spacial score (nSPS) is 10.1. The summed E-state index contributed by atoms with van der Waals surface area (Å²) >= 11 is 0. The summed E-state index contributed by atoms with van der Waals surface area (Å²) in [5.74, 6) is 0.307. The smallest absolute Gasteiger partial charge is 0.267 e. The Morgan fingerprint density at radius 1 is 1.30 bits per heavy atom. The molecule has 104 valence electrons. The van der Waals surface area contributed by atoms with Gasteiger partial charge in [-0.05, 0) is 29.8 Å². The number of ether oxygens (including phenoxy) is 1. The third kappa shape index (κ3) is 3.26. The summed E-state index contributed by atoms with van der Waals surface area (Å²) in [7, 11) is 3.59. The fourth-order valence-corrected chi connectivity index (χ4v) is 1.89. The van der Waals surface area contributed by atoms with Crippen LogP contribution in [0, 0.1) is 0 Å². The van der Waals surface area contributed by atoms with Gasteiger partial charge in [-0.25, -0.2) is 0 Å². The number of hydrogen-bond acceptors (Lipinski definition) is 4. The molecule has 0 saturated carbocycles. The van der Waals surface area contributed by atoms with E-state index in [1.807, 2.05) is 42.3 Å². The highest BCUT2D eigenvalue weighted by molar-refractivity contribution is 5.91. The first-order valence-corrected chi connectivity index (χ1v) is 6.20. The van der Waals surface area contributed by atoms with Crippen molar-refractivity contribution in [3.63, 3.8) is 0 Å². The molecule has 1 amide bonds. The quantitative estimate of drug-likeness (QED) is 0.900. The second-order valence-electron chi connectivity index (χ2n) is 4.47. The van der Waals surface area contributed by atoms with Crippen LogP contribution in [0.2, 0.25) is 0 Å². The van der Waals surface area contributed by atoms with Gasteiger partial charge in [0, 0.05) is 25.5 Å². The number of anilines is 1. The van der Waals surface area contributed by atoms with E-state index in [9.17, 15) is 4.79 Å². The minimum Gasteiger partial charge on any atom is -0.497 e. The molecule has 0 fully saturated rings. The van der Waals surface area contributed by atoms with Crippen LogP contribution in [0.5, 0.6) is 5.75 Å². The third-order valence-corrected chi connectivity index (χ3v) is 3.02. The van der Waals surface area contributed by atoms with Gasteiger partial charge < -0.3 is 15.4 Å². The SMILES string of the molecule is COc1ccc(CN(C)c2ccnc(C(N)=O)c2)cc1. The Balaban J connectivity index is 2.12. The predicted octanol–water partition coefficient (Wildman–Crippen LogP) is 1.83. The van der Waals surface area contributed by atoms with Crippen LogP contribution >= 0.6 is 0 Å². The summed E-state index contributed by atoms with van der Waals surface area (Å²) in [6, 6.07) is 11.4. The molecule has 0 aliphatic carbocycles. The molecule has 0 unspecified atom stereocenters. The van der Waals surface area contributed by atoms with Crippen molar-refractivity contribution in [1.29, 1.82) is 0 Å². The van der Waals surface area contributed by atoms with Gasteiger partial charge in [-0.3, -0.25) is 9.78 Å². The molecule has 0 aliphatic heterocycles. The zero-order valence-corrected chi connectivity index (χ0v) is 11.5. The fourth-order valence-electron chi connectivity index (χ4n) is 1.89. The van der Waals surface area contributed by atoms with E-state index in [2.05, 4.69) is 4.98 Å². The van der Waals surface area contributed by atoms with Crippen LogP contribution in [0.1, 0.15) is 16.1 Å². The fraction of sp³-hybridized carbons (Fsp3) is 0.200. The van der Waals surface area contributed by atoms with Crippen LogP contribution in [-0.2, 0) is 6.54 Å². The van der Waals surface area contributed by atoms with E-state index >= 15 is 0 Å². The van der Waals surface area contributed by atoms with Crippen LogP contribution in [-0.4, -0.2) is 25.0 Å². The standard InChI is InChI=1S/C15H17N3O2/c1-18(10-11-3-5-13(20-2)6-4-11)12-7-8-17-14(9-12)15(16)19/h3-9H,10H2,1-2H3,(H2,16,19). The Labute approximate surface area is 118 Å². The highest BCUT2D eigenvalue weighted by atomic mass is 16.5. The van der Waals surface area contributed by atoms with Gasteiger partial charge in [-0.2, -0.15) is 0 Å². The van der Waals surface area contributed by atoms with Crippen molar-refractivity contribution in [2.75, 3.05) is 19.1 Å². The first kappa shape index (κ1) is 13.9. The van der Waals surface area contributed by atoms with E-state index in [4.69, 9.17) is 10.5 Å². The van der Waals surface area contributed by atoms with Gasteiger partial charge in [0.1, 0.15) is 11.4 Å². The first-order valence-electron chi connectivity index (χ1n) is 6.20. The monoisotopic (exact) mass is 271 g/mol. The lowest BCUT2D eigenvalue weighted by molar-refractivity contribution is 0.0995. The van der Waals surface area contributed by atoms with Gasteiger partial charge >= 0.3 is 0 Å². The Hall–Kier alpha value is -2.56. The van der Waals surface area contributed by atoms with Crippen LogP contribution in [0.4, 0.5) is 5.69 Å². The van der Waals surface area contributed by atoms with Crippen LogP contribution in [0.25, 0.3) is 0 Å². The molecule has 1 aromatic heterocycles. The summed E-state index contributed by atoms with van der Waals surface area (Å²) < 4.78 is 5.13. The predicted molar refractivity (Wildman–Crippen MR) is 77.9 cm³/mol. The number of carbonyl (C=O) groups is 1. The number of hydrogen-bond donors (Lipinski definition) is 1. The summed E-state index contributed by atoms with van der Waals surface area (Å²) in [5.41, 5.74) is 7.54. The number of nitrogens with two attached hydrogens (primary N) is 1. The lowest BCUT2D eigenvalue weighted by Gasteiger charge is -2.19. The minimum absolute atomic E-state index is 0.268. The van der Waals surface area contributed by atoms with Crippen LogP contribution in [0.15, 0.2) is 42.6 Å². The number of aromatic nitrogens is 1. The van der Waals surface area contributed by atoms with E-state index in [0.717, 1.165) is 17.0 Å². The van der Waals surface area contributed by atoms with Crippen molar-refractivity contribution < 1.29 is 9.53 Å². The molecule has 0 saturated heterocycles. The number of amides is 1. The van der Waals surface area contributed by atoms with Crippen molar-refractivity contribution in [3.05, 3.63) is 53.9 Å². The summed E-state index contributed by atoms with van der Waals surface area (Å²) in [6.45, 7) is 0.714. The number of pyridine rings is 1. The molecule has 0 radical (unpaired) electrons. The largest absolute Gasteiger partial charge is 0.497 e. The van der Waals surface area contributed by atoms with Crippen molar-refractivity contribution >= 4 is 11.6 Å². The molecule has 2 aromatic rings. The Bertz CT molecular complexity index is 596. The molecular weight excluding hydrogens is 254 g/mol. The topological polar surface area (TPSA) is 68.4 Å². The molecule has 2 N–H and O–H groups in total. The maximum atomic E-state index is 11.1. The second-order valence-corrected chi connectivity index (χ2v) is 4.47. The maximum absolute atomic E-state index is 11.1. The van der Waals surface area contributed by atoms with Gasteiger partial charge in [-0.1, -0.05) is 12.1 Å². The number of carbonyl (C=O) groups excluding carboxylic acids is 1. The van der Waals surface area contributed by atoms with E-state index < -0.39 is 5.91 Å². The number of methoxy groups -OCH3 is 1. The van der Waals surface area contributed by atoms with E-state index in [1.54, 1.807) is 19.4 Å². The first-order chi connectivity index (χ1) is 9.60. The van der Waals surface area contributed by atoms with Crippen molar-refractivity contribution in [3.8, 4) is 5.75 Å². The average Bonchev–Trinajstić information content (AvgIpc) is 2.48. The molecule has 5 nitrogen and oxygen atoms in total. The van der Waals surface area contributed by atoms with Gasteiger partial charge in [0.25, 0.3) is 5.91 Å². The lowest BCUT2D eigenvalue weighted by Crippen LogP contribution is -2.18. The van der Waals surface area contributed by atoms with Gasteiger partial charge in [0.05, 0.1) is 7.11 Å². The number of primary amides is 1. The van der Waals surface area contributed by atoms with Crippen LogP contribution < -0.4 is 15.4 Å². The molecule has 0 atom stereocenters.